The Morgan fingerprint density at radius 1 is 1.04 bits per heavy atom. The molecule has 3 aliphatic rings. The van der Waals surface area contributed by atoms with Crippen molar-refractivity contribution in [2.75, 3.05) is 31.1 Å². The Bertz CT molecular complexity index is 952. The molecule has 7 nitrogen and oxygen atoms in total. The second-order valence-corrected chi connectivity index (χ2v) is 10.4. The van der Waals surface area contributed by atoms with Crippen molar-refractivity contribution in [3.8, 4) is 0 Å². The molecule has 146 valence electrons. The monoisotopic (exact) mass is 389 g/mol. The molecule has 27 heavy (non-hydrogen) atoms. The molecule has 0 bridgehead atoms. The van der Waals surface area contributed by atoms with E-state index in [0.29, 0.717) is 19.0 Å². The number of hydrogen-bond donors (Lipinski definition) is 0. The molecular weight excluding hydrogens is 362 g/mol. The molecule has 2 aliphatic heterocycles. The van der Waals surface area contributed by atoms with E-state index >= 15 is 0 Å². The topological polar surface area (TPSA) is 71.3 Å². The first-order valence-electron chi connectivity index (χ1n) is 10.1. The summed E-state index contributed by atoms with van der Waals surface area (Å²) in [4.78, 5) is 12.0. The van der Waals surface area contributed by atoms with E-state index in [1.165, 1.54) is 12.8 Å². The van der Waals surface area contributed by atoms with Crippen LogP contribution < -0.4 is 4.90 Å². The molecule has 0 spiro atoms. The van der Waals surface area contributed by atoms with Crippen LogP contribution in [0.3, 0.4) is 0 Å². The summed E-state index contributed by atoms with van der Waals surface area (Å²) >= 11 is 0. The number of anilines is 1. The summed E-state index contributed by atoms with van der Waals surface area (Å²) in [6.07, 6.45) is 7.64. The zero-order valence-electron chi connectivity index (χ0n) is 15.8. The maximum absolute atomic E-state index is 12.5. The fourth-order valence-corrected chi connectivity index (χ4v) is 6.34. The summed E-state index contributed by atoms with van der Waals surface area (Å²) in [5.41, 5.74) is 3.20. The highest BCUT2D eigenvalue weighted by molar-refractivity contribution is 7.90. The van der Waals surface area contributed by atoms with Gasteiger partial charge in [0, 0.05) is 44.8 Å². The van der Waals surface area contributed by atoms with Gasteiger partial charge < -0.3 is 9.47 Å². The number of fused-ring (bicyclic) bond motifs is 1. The molecule has 0 unspecified atom stereocenters. The van der Waals surface area contributed by atoms with Gasteiger partial charge in [-0.3, -0.25) is 0 Å². The Morgan fingerprint density at radius 2 is 1.74 bits per heavy atom. The molecule has 5 rings (SSSR count). The van der Waals surface area contributed by atoms with E-state index in [9.17, 15) is 8.42 Å². The Hall–Kier alpha value is -1.67. The number of rotatable bonds is 4. The first-order valence-corrected chi connectivity index (χ1v) is 11.6. The van der Waals surface area contributed by atoms with E-state index < -0.39 is 10.0 Å². The summed E-state index contributed by atoms with van der Waals surface area (Å²) in [6.45, 7) is 3.32. The lowest BCUT2D eigenvalue weighted by Gasteiger charge is -2.31. The van der Waals surface area contributed by atoms with Gasteiger partial charge in [-0.15, -0.1) is 0 Å². The van der Waals surface area contributed by atoms with Gasteiger partial charge in [0.05, 0.1) is 17.1 Å². The predicted molar refractivity (Wildman–Crippen MR) is 105 cm³/mol. The zero-order chi connectivity index (χ0) is 18.6. The third-order valence-corrected chi connectivity index (χ3v) is 8.70. The lowest BCUT2D eigenvalue weighted by atomic mass is 9.94. The number of aryl methyl sites for hydroxylation is 1. The lowest BCUT2D eigenvalue weighted by Crippen LogP contribution is -2.39. The number of aromatic nitrogens is 3. The number of pyridine rings is 1. The molecule has 0 atom stereocenters. The lowest BCUT2D eigenvalue weighted by molar-refractivity contribution is 0.316. The summed E-state index contributed by atoms with van der Waals surface area (Å²) < 4.78 is 28.8. The average molecular weight is 390 g/mol. The highest BCUT2D eigenvalue weighted by atomic mass is 32.2. The molecule has 3 fully saturated rings. The van der Waals surface area contributed by atoms with E-state index in [2.05, 4.69) is 20.5 Å². The second kappa shape index (κ2) is 6.44. The van der Waals surface area contributed by atoms with Crippen LogP contribution in [-0.2, 0) is 17.1 Å². The van der Waals surface area contributed by atoms with Gasteiger partial charge in [-0.25, -0.2) is 22.7 Å². The quantitative estimate of drug-likeness (QED) is 0.802. The number of hydrogen-bond acceptors (Lipinski definition) is 5. The van der Waals surface area contributed by atoms with Gasteiger partial charge in [0.2, 0.25) is 10.0 Å². The van der Waals surface area contributed by atoms with Crippen molar-refractivity contribution < 1.29 is 8.42 Å². The molecule has 8 heteroatoms. The summed E-state index contributed by atoms with van der Waals surface area (Å²) in [5, 5.41) is -0.111. The Balaban J connectivity index is 1.42. The molecule has 0 aromatic carbocycles. The van der Waals surface area contributed by atoms with Crippen LogP contribution in [0.2, 0.25) is 0 Å². The van der Waals surface area contributed by atoms with Crippen LogP contribution in [-0.4, -0.2) is 58.7 Å². The van der Waals surface area contributed by atoms with Crippen LogP contribution in [0, 0.1) is 0 Å². The van der Waals surface area contributed by atoms with Crippen molar-refractivity contribution in [2.24, 2.45) is 7.05 Å². The molecular formula is C19H27N5O2S. The van der Waals surface area contributed by atoms with Crippen LogP contribution in [0.5, 0.6) is 0 Å². The molecule has 4 heterocycles. The van der Waals surface area contributed by atoms with Crippen molar-refractivity contribution in [1.29, 1.82) is 0 Å². The Morgan fingerprint density at radius 3 is 2.41 bits per heavy atom. The van der Waals surface area contributed by atoms with E-state index in [4.69, 9.17) is 4.98 Å². The zero-order valence-corrected chi connectivity index (χ0v) is 16.7. The molecule has 0 amide bonds. The van der Waals surface area contributed by atoms with Gasteiger partial charge in [0.15, 0.2) is 5.82 Å². The van der Waals surface area contributed by atoms with Gasteiger partial charge in [-0.05, 0) is 44.6 Å². The summed E-state index contributed by atoms with van der Waals surface area (Å²) in [7, 11) is -1.03. The van der Waals surface area contributed by atoms with Gasteiger partial charge in [0.25, 0.3) is 0 Å². The third-order valence-electron chi connectivity index (χ3n) is 6.30. The Kier molecular flexibility index (Phi) is 4.16. The number of sulfonamides is 1. The van der Waals surface area contributed by atoms with Gasteiger partial charge in [0.1, 0.15) is 5.52 Å². The van der Waals surface area contributed by atoms with Crippen molar-refractivity contribution in [2.45, 2.75) is 49.7 Å². The van der Waals surface area contributed by atoms with Gasteiger partial charge >= 0.3 is 0 Å². The average Bonchev–Trinajstić information content (AvgIpc) is 3.29. The Labute approximate surface area is 160 Å². The maximum Gasteiger partial charge on any atom is 0.216 e. The van der Waals surface area contributed by atoms with E-state index in [1.807, 2.05) is 13.4 Å². The maximum atomic E-state index is 12.5. The van der Waals surface area contributed by atoms with Crippen molar-refractivity contribution in [3.63, 3.8) is 0 Å². The fourth-order valence-electron chi connectivity index (χ4n) is 4.47. The second-order valence-electron chi connectivity index (χ2n) is 8.21. The highest BCUT2D eigenvalue weighted by Gasteiger charge is 2.41. The number of nitrogens with zero attached hydrogens (tertiary/aromatic N) is 5. The first-order chi connectivity index (χ1) is 13.0. The van der Waals surface area contributed by atoms with E-state index in [0.717, 1.165) is 61.3 Å². The molecule has 2 saturated heterocycles. The van der Waals surface area contributed by atoms with Crippen molar-refractivity contribution in [1.82, 2.24) is 18.8 Å². The summed E-state index contributed by atoms with van der Waals surface area (Å²) in [5.74, 6) is 1.32. The van der Waals surface area contributed by atoms with E-state index in [1.54, 1.807) is 4.31 Å². The SMILES string of the molecule is Cn1cnc2c(N3CCCC3)nc(C3CCN(S(=O)(=O)C4CC4)CC3)cc21. The van der Waals surface area contributed by atoms with Crippen LogP contribution in [0.25, 0.3) is 11.0 Å². The smallest absolute Gasteiger partial charge is 0.216 e. The predicted octanol–water partition coefficient (Wildman–Crippen LogP) is 2.24. The molecule has 1 aliphatic carbocycles. The first kappa shape index (κ1) is 17.4. The largest absolute Gasteiger partial charge is 0.355 e. The molecule has 2 aromatic rings. The minimum Gasteiger partial charge on any atom is -0.355 e. The number of piperidine rings is 1. The van der Waals surface area contributed by atoms with Crippen molar-refractivity contribution in [3.05, 3.63) is 18.1 Å². The summed E-state index contributed by atoms with van der Waals surface area (Å²) in [6, 6.07) is 2.16. The van der Waals surface area contributed by atoms with Crippen LogP contribution in [0.1, 0.15) is 50.1 Å². The van der Waals surface area contributed by atoms with E-state index in [-0.39, 0.29) is 5.25 Å². The van der Waals surface area contributed by atoms with Gasteiger partial charge in [-0.1, -0.05) is 0 Å². The molecule has 0 N–H and O–H groups in total. The molecule has 0 radical (unpaired) electrons. The highest BCUT2D eigenvalue weighted by Crippen LogP contribution is 2.37. The minimum atomic E-state index is -3.06. The van der Waals surface area contributed by atoms with Gasteiger partial charge in [-0.2, -0.15) is 0 Å². The standard InChI is InChI=1S/C19H27N5O2S/c1-22-13-20-18-17(22)12-16(21-19(18)23-8-2-3-9-23)14-6-10-24(11-7-14)27(25,26)15-4-5-15/h12-15H,2-11H2,1H3. The number of imidazole rings is 1. The van der Waals surface area contributed by atoms with Crippen LogP contribution >= 0.6 is 0 Å². The van der Waals surface area contributed by atoms with Crippen LogP contribution in [0.15, 0.2) is 12.4 Å². The molecule has 1 saturated carbocycles. The minimum absolute atomic E-state index is 0.111. The normalized spacial score (nSPS) is 22.8. The van der Waals surface area contributed by atoms with Crippen LogP contribution in [0.4, 0.5) is 5.82 Å². The van der Waals surface area contributed by atoms with Crippen molar-refractivity contribution >= 4 is 26.9 Å². The molecule has 2 aromatic heterocycles. The third kappa shape index (κ3) is 3.02. The fraction of sp³-hybridized carbons (Fsp3) is 0.684.